The zero-order chi connectivity index (χ0) is 17.2. The van der Waals surface area contributed by atoms with Crippen molar-refractivity contribution in [3.05, 3.63) is 63.6 Å². The van der Waals surface area contributed by atoms with Crippen LogP contribution in [-0.2, 0) is 16.6 Å². The number of rotatable bonds is 5. The molecule has 5 heteroatoms. The highest BCUT2D eigenvalue weighted by Crippen LogP contribution is 2.44. The predicted molar refractivity (Wildman–Crippen MR) is 94.5 cm³/mol. The molecule has 2 aromatic carbocycles. The normalized spacial score (nSPS) is 19.0. The number of aliphatic hydroxyl groups excluding tert-OH is 1. The monoisotopic (exact) mass is 390 g/mol. The fraction of sp³-hybridized carbons (Fsp3) is 0.316. The fourth-order valence-electron chi connectivity index (χ4n) is 3.28. The first-order chi connectivity index (χ1) is 11.6. The molecular weight excluding hydrogens is 372 g/mol. The van der Waals surface area contributed by atoms with Gasteiger partial charge < -0.3 is 14.6 Å². The minimum absolute atomic E-state index is 0.0893. The average molecular weight is 391 g/mol. The van der Waals surface area contributed by atoms with Crippen LogP contribution in [0.5, 0.6) is 5.75 Å². The van der Waals surface area contributed by atoms with Crippen molar-refractivity contribution in [3.8, 4) is 5.75 Å². The van der Waals surface area contributed by atoms with Crippen LogP contribution in [0.2, 0.25) is 0 Å². The fourth-order valence-corrected chi connectivity index (χ4v) is 3.54. The molecule has 1 aliphatic carbocycles. The third-order valence-electron chi connectivity index (χ3n) is 4.60. The highest BCUT2D eigenvalue weighted by molar-refractivity contribution is 9.10. The number of fused-ring (bicyclic) bond motifs is 1. The largest absolute Gasteiger partial charge is 0.496 e. The van der Waals surface area contributed by atoms with Gasteiger partial charge in [0.2, 0.25) is 0 Å². The molecule has 2 aromatic rings. The molecule has 0 saturated heterocycles. The van der Waals surface area contributed by atoms with Crippen molar-refractivity contribution in [2.24, 2.45) is 0 Å². The first-order valence-electron chi connectivity index (χ1n) is 7.79. The standard InChI is InChI=1S/C19H19BrO4/c1-23-16-4-2-3-13-9-10-19(11-21,17(13)16)12-24-18(22)14-5-7-15(20)8-6-14/h2-8,21H,9-12H2,1H3/t19-/m1/s1. The van der Waals surface area contributed by atoms with Crippen molar-refractivity contribution in [2.45, 2.75) is 18.3 Å². The van der Waals surface area contributed by atoms with Gasteiger partial charge in [-0.2, -0.15) is 0 Å². The van der Waals surface area contributed by atoms with Crippen LogP contribution in [0.1, 0.15) is 27.9 Å². The maximum absolute atomic E-state index is 12.3. The number of aryl methyl sites for hydroxylation is 1. The second kappa shape index (κ2) is 6.95. The van der Waals surface area contributed by atoms with Gasteiger partial charge in [0, 0.05) is 10.0 Å². The summed E-state index contributed by atoms with van der Waals surface area (Å²) in [4.78, 5) is 12.3. The summed E-state index contributed by atoms with van der Waals surface area (Å²) < 4.78 is 11.9. The van der Waals surface area contributed by atoms with E-state index >= 15 is 0 Å². The first-order valence-corrected chi connectivity index (χ1v) is 8.59. The van der Waals surface area contributed by atoms with Gasteiger partial charge in [0.1, 0.15) is 12.4 Å². The molecule has 0 saturated carbocycles. The zero-order valence-corrected chi connectivity index (χ0v) is 15.0. The third kappa shape index (κ3) is 3.06. The van der Waals surface area contributed by atoms with E-state index in [0.29, 0.717) is 5.56 Å². The van der Waals surface area contributed by atoms with E-state index in [9.17, 15) is 9.90 Å². The van der Waals surface area contributed by atoms with Crippen molar-refractivity contribution in [2.75, 3.05) is 20.3 Å². The Hall–Kier alpha value is -1.85. The van der Waals surface area contributed by atoms with E-state index in [-0.39, 0.29) is 13.2 Å². The SMILES string of the molecule is COc1cccc2c1[C@](CO)(COC(=O)c1ccc(Br)cc1)CC2. The third-order valence-corrected chi connectivity index (χ3v) is 5.13. The number of carbonyl (C=O) groups excluding carboxylic acids is 1. The number of hydrogen-bond acceptors (Lipinski definition) is 4. The molecule has 0 heterocycles. The minimum atomic E-state index is -0.604. The van der Waals surface area contributed by atoms with Crippen LogP contribution in [0, 0.1) is 0 Å². The van der Waals surface area contributed by atoms with Gasteiger partial charge in [-0.3, -0.25) is 0 Å². The summed E-state index contributed by atoms with van der Waals surface area (Å²) in [7, 11) is 1.61. The minimum Gasteiger partial charge on any atom is -0.496 e. The summed E-state index contributed by atoms with van der Waals surface area (Å²) in [5, 5.41) is 10.1. The van der Waals surface area contributed by atoms with Gasteiger partial charge in [-0.15, -0.1) is 0 Å². The Morgan fingerprint density at radius 1 is 1.25 bits per heavy atom. The van der Waals surface area contributed by atoms with E-state index in [1.165, 1.54) is 0 Å². The maximum atomic E-state index is 12.3. The topological polar surface area (TPSA) is 55.8 Å². The molecule has 1 atom stereocenters. The van der Waals surface area contributed by atoms with Crippen molar-refractivity contribution in [1.82, 2.24) is 0 Å². The molecule has 0 aliphatic heterocycles. The van der Waals surface area contributed by atoms with Crippen molar-refractivity contribution >= 4 is 21.9 Å². The lowest BCUT2D eigenvalue weighted by Crippen LogP contribution is -2.35. The Kier molecular flexibility index (Phi) is 4.92. The van der Waals surface area contributed by atoms with Crippen molar-refractivity contribution < 1.29 is 19.4 Å². The first kappa shape index (κ1) is 17.0. The average Bonchev–Trinajstić information content (AvgIpc) is 3.00. The summed E-state index contributed by atoms with van der Waals surface area (Å²) in [6.45, 7) is 0.0414. The van der Waals surface area contributed by atoms with E-state index in [1.807, 2.05) is 18.2 Å². The number of benzene rings is 2. The van der Waals surface area contributed by atoms with E-state index in [2.05, 4.69) is 15.9 Å². The zero-order valence-electron chi connectivity index (χ0n) is 13.4. The van der Waals surface area contributed by atoms with Gasteiger partial charge in [-0.05, 0) is 48.7 Å². The van der Waals surface area contributed by atoms with E-state index < -0.39 is 11.4 Å². The highest BCUT2D eigenvalue weighted by atomic mass is 79.9. The molecular formula is C19H19BrO4. The number of carbonyl (C=O) groups is 1. The molecule has 3 rings (SSSR count). The molecule has 4 nitrogen and oxygen atoms in total. The molecule has 0 aromatic heterocycles. The Labute approximate surface area is 149 Å². The predicted octanol–water partition coefficient (Wildman–Crippen LogP) is 3.49. The summed E-state index contributed by atoms with van der Waals surface area (Å²) >= 11 is 3.34. The highest BCUT2D eigenvalue weighted by Gasteiger charge is 2.42. The molecule has 0 radical (unpaired) electrons. The number of halogens is 1. The Morgan fingerprint density at radius 2 is 2.00 bits per heavy atom. The number of methoxy groups -OCH3 is 1. The summed E-state index contributed by atoms with van der Waals surface area (Å²) in [5.74, 6) is 0.345. The lowest BCUT2D eigenvalue weighted by Gasteiger charge is -2.29. The Bertz CT molecular complexity index is 742. The molecule has 126 valence electrons. The van der Waals surface area contributed by atoms with Gasteiger partial charge >= 0.3 is 5.97 Å². The van der Waals surface area contributed by atoms with Crippen LogP contribution in [0.3, 0.4) is 0 Å². The lowest BCUT2D eigenvalue weighted by atomic mass is 9.83. The second-order valence-electron chi connectivity index (χ2n) is 6.02. The molecule has 0 spiro atoms. The van der Waals surface area contributed by atoms with E-state index in [4.69, 9.17) is 9.47 Å². The Balaban J connectivity index is 1.82. The van der Waals surface area contributed by atoms with Crippen LogP contribution < -0.4 is 4.74 Å². The summed E-state index contributed by atoms with van der Waals surface area (Å²) in [6.07, 6.45) is 1.57. The summed E-state index contributed by atoms with van der Waals surface area (Å²) in [6, 6.07) is 12.9. The number of aliphatic hydroxyl groups is 1. The van der Waals surface area contributed by atoms with E-state index in [0.717, 1.165) is 34.2 Å². The molecule has 0 amide bonds. The molecule has 0 fully saturated rings. The van der Waals surface area contributed by atoms with Crippen LogP contribution in [-0.4, -0.2) is 31.4 Å². The van der Waals surface area contributed by atoms with Crippen molar-refractivity contribution in [3.63, 3.8) is 0 Å². The van der Waals surface area contributed by atoms with Gasteiger partial charge in [0.05, 0.1) is 24.7 Å². The van der Waals surface area contributed by atoms with Gasteiger partial charge in [-0.25, -0.2) is 4.79 Å². The smallest absolute Gasteiger partial charge is 0.338 e. The number of ether oxygens (including phenoxy) is 2. The lowest BCUT2D eigenvalue weighted by molar-refractivity contribution is 0.0315. The quantitative estimate of drug-likeness (QED) is 0.793. The van der Waals surface area contributed by atoms with E-state index in [1.54, 1.807) is 31.4 Å². The molecule has 0 unspecified atom stereocenters. The van der Waals surface area contributed by atoms with Gasteiger partial charge in [0.25, 0.3) is 0 Å². The molecule has 24 heavy (non-hydrogen) atoms. The van der Waals surface area contributed by atoms with Gasteiger partial charge in [0.15, 0.2) is 0 Å². The Morgan fingerprint density at radius 3 is 2.67 bits per heavy atom. The molecule has 1 N–H and O–H groups in total. The van der Waals surface area contributed by atoms with Gasteiger partial charge in [-0.1, -0.05) is 28.1 Å². The maximum Gasteiger partial charge on any atom is 0.338 e. The molecule has 0 bridgehead atoms. The summed E-state index contributed by atoms with van der Waals surface area (Å²) in [5.41, 5.74) is 1.98. The van der Waals surface area contributed by atoms with Crippen molar-refractivity contribution in [1.29, 1.82) is 0 Å². The second-order valence-corrected chi connectivity index (χ2v) is 6.93. The van der Waals surface area contributed by atoms with Crippen LogP contribution in [0.25, 0.3) is 0 Å². The van der Waals surface area contributed by atoms with Crippen LogP contribution >= 0.6 is 15.9 Å². The number of hydrogen-bond donors (Lipinski definition) is 1. The van der Waals surface area contributed by atoms with Crippen LogP contribution in [0.15, 0.2) is 46.9 Å². The number of esters is 1. The van der Waals surface area contributed by atoms with Crippen LogP contribution in [0.4, 0.5) is 0 Å². The molecule has 1 aliphatic rings.